The van der Waals surface area contributed by atoms with Gasteiger partial charge < -0.3 is 18.9 Å². The first-order valence-electron chi connectivity index (χ1n) is 14.6. The summed E-state index contributed by atoms with van der Waals surface area (Å²) in [7, 11) is 0. The molecule has 0 aliphatic rings. The Kier molecular flexibility index (Phi) is 16.2. The van der Waals surface area contributed by atoms with E-state index >= 15 is 0 Å². The van der Waals surface area contributed by atoms with Crippen LogP contribution in [0.3, 0.4) is 0 Å². The predicted octanol–water partition coefficient (Wildman–Crippen LogP) is 10.6. The molecule has 2 aromatic rings. The van der Waals surface area contributed by atoms with Crippen LogP contribution in [0.2, 0.25) is 30.1 Å². The summed E-state index contributed by atoms with van der Waals surface area (Å²) in [6.45, 7) is 12.2. The smallest absolute Gasteiger partial charge is 0.423 e. The van der Waals surface area contributed by atoms with Crippen LogP contribution in [0.15, 0.2) is 12.1 Å². The minimum Gasteiger partial charge on any atom is -0.462 e. The van der Waals surface area contributed by atoms with Gasteiger partial charge in [0.2, 0.25) is 0 Å². The van der Waals surface area contributed by atoms with Crippen molar-refractivity contribution in [2.24, 2.45) is 23.7 Å². The number of hydrogen-bond donors (Lipinski definition) is 0. The van der Waals surface area contributed by atoms with Crippen molar-refractivity contribution in [3.05, 3.63) is 53.4 Å². The molecule has 0 saturated heterocycles. The van der Waals surface area contributed by atoms with Gasteiger partial charge in [-0.2, -0.15) is 0 Å². The Balaban J connectivity index is 2.30. The highest BCUT2D eigenvalue weighted by molar-refractivity contribution is 6.47. The largest absolute Gasteiger partial charge is 0.462 e. The summed E-state index contributed by atoms with van der Waals surface area (Å²) < 4.78 is 21.1. The summed E-state index contributed by atoms with van der Waals surface area (Å²) in [6, 6.07) is 2.24. The molecule has 254 valence electrons. The molecule has 0 amide bonds. The second-order valence-corrected chi connectivity index (χ2v) is 14.2. The van der Waals surface area contributed by atoms with Crippen LogP contribution in [-0.2, 0) is 19.1 Å². The fourth-order valence-electron chi connectivity index (χ4n) is 3.97. The Morgan fingerprint density at radius 2 is 0.870 bits per heavy atom. The highest BCUT2D eigenvalue weighted by Crippen LogP contribution is 2.42. The Labute approximate surface area is 299 Å². The zero-order chi connectivity index (χ0) is 34.9. The van der Waals surface area contributed by atoms with E-state index in [-0.39, 0.29) is 55.2 Å². The number of esters is 4. The van der Waals surface area contributed by atoms with E-state index < -0.39 is 46.5 Å². The Morgan fingerprint density at radius 3 is 1.17 bits per heavy atom. The van der Waals surface area contributed by atoms with Gasteiger partial charge in [-0.15, -0.1) is 0 Å². The molecule has 0 bridgehead atoms. The Morgan fingerprint density at radius 1 is 0.543 bits per heavy atom. The van der Waals surface area contributed by atoms with Crippen molar-refractivity contribution < 1.29 is 38.1 Å². The SMILES string of the molecule is CC(C)CCC(C)COC(=O)c1c(Cl)c(Cl)cc(Cl)c1OC(=O)C(=O)Oc1c(Cl)cc(Cl)c(Cl)c1C(=O)OCC(C)CCC(C)C. The van der Waals surface area contributed by atoms with Crippen molar-refractivity contribution in [3.63, 3.8) is 0 Å². The molecule has 0 radical (unpaired) electrons. The molecule has 8 nitrogen and oxygen atoms in total. The van der Waals surface area contributed by atoms with Crippen LogP contribution in [0.5, 0.6) is 11.5 Å². The zero-order valence-electron chi connectivity index (χ0n) is 26.2. The lowest BCUT2D eigenvalue weighted by Crippen LogP contribution is -2.27. The Hall–Kier alpha value is -1.94. The van der Waals surface area contributed by atoms with Crippen LogP contribution in [0.4, 0.5) is 0 Å². The van der Waals surface area contributed by atoms with Gasteiger partial charge in [0.15, 0.2) is 11.5 Å². The lowest BCUT2D eigenvalue weighted by molar-refractivity contribution is -0.156. The maximum absolute atomic E-state index is 13.1. The molecule has 46 heavy (non-hydrogen) atoms. The predicted molar refractivity (Wildman–Crippen MR) is 181 cm³/mol. The highest BCUT2D eigenvalue weighted by Gasteiger charge is 2.32. The molecule has 0 heterocycles. The fraction of sp³-hybridized carbons (Fsp3) is 0.500. The number of rotatable bonds is 14. The van der Waals surface area contributed by atoms with Crippen molar-refractivity contribution in [2.45, 2.75) is 67.2 Å². The quantitative estimate of drug-likeness (QED) is 0.0811. The van der Waals surface area contributed by atoms with Crippen LogP contribution in [-0.4, -0.2) is 37.1 Å². The van der Waals surface area contributed by atoms with Gasteiger partial charge in [0.05, 0.1) is 43.3 Å². The highest BCUT2D eigenvalue weighted by atomic mass is 35.5. The van der Waals surface area contributed by atoms with Gasteiger partial charge in [-0.3, -0.25) is 0 Å². The lowest BCUT2D eigenvalue weighted by atomic mass is 10.0. The van der Waals surface area contributed by atoms with Gasteiger partial charge in [0, 0.05) is 0 Å². The molecule has 0 N–H and O–H groups in total. The number of ether oxygens (including phenoxy) is 4. The molecule has 0 saturated carbocycles. The van der Waals surface area contributed by atoms with Gasteiger partial charge in [0.1, 0.15) is 11.1 Å². The summed E-state index contributed by atoms with van der Waals surface area (Å²) in [5, 5.41) is -1.53. The lowest BCUT2D eigenvalue weighted by Gasteiger charge is -2.17. The number of hydrogen-bond acceptors (Lipinski definition) is 8. The second-order valence-electron chi connectivity index (χ2n) is 11.8. The number of benzene rings is 2. The van der Waals surface area contributed by atoms with E-state index in [4.69, 9.17) is 88.6 Å². The van der Waals surface area contributed by atoms with E-state index in [1.54, 1.807) is 0 Å². The first-order valence-corrected chi connectivity index (χ1v) is 16.8. The molecule has 0 aromatic heterocycles. The maximum atomic E-state index is 13.1. The number of carbonyl (C=O) groups excluding carboxylic acids is 4. The van der Waals surface area contributed by atoms with Crippen LogP contribution < -0.4 is 9.47 Å². The zero-order valence-corrected chi connectivity index (χ0v) is 30.8. The topological polar surface area (TPSA) is 105 Å². The van der Waals surface area contributed by atoms with Gasteiger partial charge in [0.25, 0.3) is 0 Å². The van der Waals surface area contributed by atoms with Crippen molar-refractivity contribution in [3.8, 4) is 11.5 Å². The first kappa shape index (κ1) is 40.2. The van der Waals surface area contributed by atoms with Gasteiger partial charge in [-0.1, -0.05) is 124 Å². The van der Waals surface area contributed by atoms with E-state index in [9.17, 15) is 19.2 Å². The molecular weight excluding hydrogens is 725 g/mol. The van der Waals surface area contributed by atoms with Gasteiger partial charge >= 0.3 is 23.9 Å². The molecule has 2 rings (SSSR count). The normalized spacial score (nSPS) is 12.6. The molecular formula is C32H36Cl6O8. The molecule has 0 aliphatic carbocycles. The minimum absolute atomic E-state index is 0.0147. The van der Waals surface area contributed by atoms with Gasteiger partial charge in [-0.05, 0) is 48.6 Å². The van der Waals surface area contributed by atoms with Crippen molar-refractivity contribution >= 4 is 93.5 Å². The van der Waals surface area contributed by atoms with Crippen LogP contribution in [0.25, 0.3) is 0 Å². The monoisotopic (exact) mass is 758 g/mol. The third-order valence-corrected chi connectivity index (χ3v) is 8.83. The molecule has 2 atom stereocenters. The Bertz CT molecular complexity index is 1340. The van der Waals surface area contributed by atoms with E-state index in [0.717, 1.165) is 37.8 Å². The van der Waals surface area contributed by atoms with Gasteiger partial charge in [-0.25, -0.2) is 19.2 Å². The van der Waals surface area contributed by atoms with Crippen molar-refractivity contribution in [2.75, 3.05) is 13.2 Å². The molecule has 14 heteroatoms. The minimum atomic E-state index is -1.65. The third kappa shape index (κ3) is 11.6. The van der Waals surface area contributed by atoms with E-state index in [2.05, 4.69) is 27.7 Å². The number of carbonyl (C=O) groups is 4. The summed E-state index contributed by atoms with van der Waals surface area (Å²) in [6.07, 6.45) is 3.44. The summed E-state index contributed by atoms with van der Waals surface area (Å²) in [5.41, 5.74) is -0.945. The van der Waals surface area contributed by atoms with E-state index in [1.807, 2.05) is 13.8 Å². The van der Waals surface area contributed by atoms with Crippen LogP contribution in [0.1, 0.15) is 87.9 Å². The van der Waals surface area contributed by atoms with Crippen LogP contribution >= 0.6 is 69.6 Å². The third-order valence-electron chi connectivity index (χ3n) is 6.69. The van der Waals surface area contributed by atoms with Crippen LogP contribution in [0, 0.1) is 23.7 Å². The molecule has 0 aliphatic heterocycles. The standard InChI is InChI=1S/C32H36Cl6O8/c1-15(2)7-9-17(5)13-43-29(39)23-25(37)19(33)11-21(35)27(23)45-31(41)32(42)46-28-22(36)12-20(34)26(38)24(28)30(40)44-14-18(6)10-8-16(3)4/h11-12,15-18H,7-10,13-14H2,1-6H3. The summed E-state index contributed by atoms with van der Waals surface area (Å²) in [4.78, 5) is 52.0. The maximum Gasteiger partial charge on any atom is 0.423 e. The molecule has 0 fully saturated rings. The second kappa shape index (κ2) is 18.6. The average molecular weight is 761 g/mol. The van der Waals surface area contributed by atoms with E-state index in [0.29, 0.717) is 11.8 Å². The average Bonchev–Trinajstić information content (AvgIpc) is 2.97. The van der Waals surface area contributed by atoms with Crippen molar-refractivity contribution in [1.82, 2.24) is 0 Å². The molecule has 2 unspecified atom stereocenters. The van der Waals surface area contributed by atoms with E-state index in [1.165, 1.54) is 0 Å². The first-order chi connectivity index (χ1) is 21.4. The molecule has 0 spiro atoms. The summed E-state index contributed by atoms with van der Waals surface area (Å²) >= 11 is 37.3. The number of halogens is 6. The van der Waals surface area contributed by atoms with Crippen molar-refractivity contribution in [1.29, 1.82) is 0 Å². The fourth-order valence-corrected chi connectivity index (χ4v) is 5.41. The summed E-state index contributed by atoms with van der Waals surface area (Å²) in [5.74, 6) is -5.48. The molecule has 2 aromatic carbocycles.